The van der Waals surface area contributed by atoms with Gasteiger partial charge in [-0.15, -0.1) is 0 Å². The summed E-state index contributed by atoms with van der Waals surface area (Å²) in [4.78, 5) is 25.2. The van der Waals surface area contributed by atoms with Gasteiger partial charge >= 0.3 is 5.63 Å². The lowest BCUT2D eigenvalue weighted by atomic mass is 9.91. The number of ketones is 1. The van der Waals surface area contributed by atoms with E-state index in [-0.39, 0.29) is 52.2 Å². The second-order valence-electron chi connectivity index (χ2n) is 9.30. The van der Waals surface area contributed by atoms with E-state index in [1.165, 1.54) is 5.57 Å². The molecule has 0 saturated carbocycles. The summed E-state index contributed by atoms with van der Waals surface area (Å²) in [7, 11) is 0. The molecule has 1 aromatic carbocycles. The predicted octanol–water partition coefficient (Wildman–Crippen LogP) is 6.11. The van der Waals surface area contributed by atoms with Crippen molar-refractivity contribution in [3.63, 3.8) is 0 Å². The summed E-state index contributed by atoms with van der Waals surface area (Å²) in [6.45, 7) is 11.5. The Bertz CT molecular complexity index is 1130. The monoisotopic (exact) mass is 456 g/mol. The molecule has 1 heterocycles. The maximum absolute atomic E-state index is 13.0. The first kappa shape index (κ1) is 26.4. The van der Waals surface area contributed by atoms with Crippen LogP contribution in [-0.4, -0.2) is 21.1 Å². The molecule has 0 aliphatic carbocycles. The number of benzene rings is 1. The van der Waals surface area contributed by atoms with Gasteiger partial charge in [0.2, 0.25) is 0 Å². The van der Waals surface area contributed by atoms with E-state index < -0.39 is 23.3 Å². The summed E-state index contributed by atoms with van der Waals surface area (Å²) in [6.07, 6.45) is 5.38. The number of fused-ring (bicyclic) bond motifs is 1. The van der Waals surface area contributed by atoms with Crippen LogP contribution in [0.3, 0.4) is 0 Å². The van der Waals surface area contributed by atoms with E-state index >= 15 is 0 Å². The third-order valence-corrected chi connectivity index (χ3v) is 5.63. The second-order valence-corrected chi connectivity index (χ2v) is 9.30. The van der Waals surface area contributed by atoms with Crippen molar-refractivity contribution in [3.8, 4) is 11.5 Å². The molecule has 0 aliphatic rings. The van der Waals surface area contributed by atoms with Crippen molar-refractivity contribution in [1.29, 1.82) is 0 Å². The fourth-order valence-corrected chi connectivity index (χ4v) is 3.84. The number of phenolic OH excluding ortho intramolecular Hbond substituents is 2. The van der Waals surface area contributed by atoms with Gasteiger partial charge in [-0.1, -0.05) is 44.1 Å². The highest BCUT2D eigenvalue weighted by molar-refractivity contribution is 6.08. The van der Waals surface area contributed by atoms with Gasteiger partial charge in [-0.2, -0.15) is 0 Å². The molecule has 3 N–H and O–H groups in total. The molecule has 0 fully saturated rings. The van der Waals surface area contributed by atoms with Crippen molar-refractivity contribution in [3.05, 3.63) is 56.5 Å². The summed E-state index contributed by atoms with van der Waals surface area (Å²) in [5.41, 5.74) is 1.85. The Labute approximate surface area is 195 Å². The molecule has 6 heteroatoms. The van der Waals surface area contributed by atoms with Gasteiger partial charge in [-0.25, -0.2) is 4.79 Å². The van der Waals surface area contributed by atoms with Gasteiger partial charge in [0.1, 0.15) is 22.6 Å². The van der Waals surface area contributed by atoms with Crippen molar-refractivity contribution in [1.82, 2.24) is 0 Å². The number of aliphatic hydroxyl groups excluding tert-OH is 1. The molecule has 0 spiro atoms. The van der Waals surface area contributed by atoms with Crippen molar-refractivity contribution in [2.75, 3.05) is 0 Å². The van der Waals surface area contributed by atoms with Crippen molar-refractivity contribution >= 4 is 16.8 Å². The number of carbonyl (C=O) groups is 1. The Morgan fingerprint density at radius 2 is 1.79 bits per heavy atom. The number of hydrogen-bond donors (Lipinski definition) is 3. The highest BCUT2D eigenvalue weighted by Gasteiger charge is 2.28. The van der Waals surface area contributed by atoms with Crippen LogP contribution in [0, 0.1) is 5.92 Å². The zero-order chi connectivity index (χ0) is 24.9. The summed E-state index contributed by atoms with van der Waals surface area (Å²) in [5, 5.41) is 32.7. The van der Waals surface area contributed by atoms with Crippen LogP contribution in [0.2, 0.25) is 0 Å². The van der Waals surface area contributed by atoms with Crippen LogP contribution in [0.5, 0.6) is 11.5 Å². The van der Waals surface area contributed by atoms with E-state index in [4.69, 9.17) is 4.42 Å². The van der Waals surface area contributed by atoms with Gasteiger partial charge in [0.05, 0.1) is 11.5 Å². The molecule has 2 rings (SSSR count). The van der Waals surface area contributed by atoms with E-state index in [0.29, 0.717) is 6.42 Å². The summed E-state index contributed by atoms with van der Waals surface area (Å²) in [6, 6.07) is 1.13. The molecule has 0 saturated heterocycles. The van der Waals surface area contributed by atoms with Gasteiger partial charge in [0.15, 0.2) is 5.78 Å². The summed E-state index contributed by atoms with van der Waals surface area (Å²) < 4.78 is 5.41. The zero-order valence-electron chi connectivity index (χ0n) is 20.5. The maximum atomic E-state index is 13.0. The van der Waals surface area contributed by atoms with E-state index in [2.05, 4.69) is 6.08 Å². The average Bonchev–Trinajstić information content (AvgIpc) is 2.71. The minimum atomic E-state index is -1.03. The molecule has 2 aromatic rings. The molecule has 6 nitrogen and oxygen atoms in total. The first-order valence-electron chi connectivity index (χ1n) is 11.5. The molecule has 180 valence electrons. The first-order chi connectivity index (χ1) is 15.5. The fraction of sp³-hybridized carbons (Fsp3) is 0.481. The van der Waals surface area contributed by atoms with Crippen molar-refractivity contribution < 1.29 is 24.5 Å². The molecule has 0 radical (unpaired) electrons. The van der Waals surface area contributed by atoms with E-state index in [0.717, 1.165) is 24.5 Å². The molecule has 0 amide bonds. The third-order valence-electron chi connectivity index (χ3n) is 5.63. The molecular weight excluding hydrogens is 420 g/mol. The minimum absolute atomic E-state index is 0.00514. The molecular formula is C27H36O6. The fourth-order valence-electron chi connectivity index (χ4n) is 3.84. The number of aliphatic hydroxyl groups is 1. The van der Waals surface area contributed by atoms with Crippen molar-refractivity contribution in [2.45, 2.75) is 79.8 Å². The van der Waals surface area contributed by atoms with E-state index in [1.807, 2.05) is 40.7 Å². The largest absolute Gasteiger partial charge is 0.507 e. The normalized spacial score (nSPS) is 12.9. The van der Waals surface area contributed by atoms with Crippen LogP contribution in [0.25, 0.3) is 11.0 Å². The maximum Gasteiger partial charge on any atom is 0.336 e. The molecule has 1 atom stereocenters. The van der Waals surface area contributed by atoms with Gasteiger partial charge in [-0.3, -0.25) is 4.79 Å². The van der Waals surface area contributed by atoms with Crippen LogP contribution < -0.4 is 5.63 Å². The van der Waals surface area contributed by atoms with Crippen LogP contribution >= 0.6 is 0 Å². The molecule has 0 unspecified atom stereocenters. The van der Waals surface area contributed by atoms with Gasteiger partial charge in [0.25, 0.3) is 0 Å². The molecule has 33 heavy (non-hydrogen) atoms. The Morgan fingerprint density at radius 1 is 1.12 bits per heavy atom. The SMILES string of the molecule is CC[C@H](O)c1cc(=O)oc2c(C/C=C(\C)CCC=C(C)C)c(O)c(C(=O)CC(C)C)c(O)c12. The van der Waals surface area contributed by atoms with Gasteiger partial charge < -0.3 is 19.7 Å². The Morgan fingerprint density at radius 3 is 2.36 bits per heavy atom. The Kier molecular flexibility index (Phi) is 9.06. The lowest BCUT2D eigenvalue weighted by Crippen LogP contribution is -2.10. The standard InChI is InChI=1S/C27H36O6/c1-7-20(28)19-14-22(30)33-27-18(12-11-17(6)10-8-9-15(2)3)25(31)24(26(32)23(19)27)21(29)13-16(4)5/h9,11,14,16,20,28,31-32H,7-8,10,12-13H2,1-6H3/b17-11+/t20-/m0/s1. The third kappa shape index (κ3) is 6.35. The zero-order valence-corrected chi connectivity index (χ0v) is 20.5. The highest BCUT2D eigenvalue weighted by Crippen LogP contribution is 2.43. The number of allylic oxidation sites excluding steroid dienone is 4. The first-order valence-corrected chi connectivity index (χ1v) is 11.5. The van der Waals surface area contributed by atoms with Crippen LogP contribution in [0.15, 0.2) is 38.6 Å². The van der Waals surface area contributed by atoms with Crippen LogP contribution in [0.1, 0.15) is 94.8 Å². The quantitative estimate of drug-likeness (QED) is 0.226. The van der Waals surface area contributed by atoms with E-state index in [9.17, 15) is 24.9 Å². The number of Topliss-reactive ketones (excluding diaryl/α,β-unsaturated/α-hetero) is 1. The number of aromatic hydroxyl groups is 2. The van der Waals surface area contributed by atoms with Crippen LogP contribution in [-0.2, 0) is 6.42 Å². The molecule has 1 aromatic heterocycles. The lowest BCUT2D eigenvalue weighted by Gasteiger charge is -2.18. The summed E-state index contributed by atoms with van der Waals surface area (Å²) in [5.74, 6) is -1.24. The number of carbonyl (C=O) groups excluding carboxylic acids is 1. The smallest absolute Gasteiger partial charge is 0.336 e. The van der Waals surface area contributed by atoms with Gasteiger partial charge in [-0.05, 0) is 52.4 Å². The lowest BCUT2D eigenvalue weighted by molar-refractivity contribution is 0.0962. The molecule has 0 bridgehead atoms. The predicted molar refractivity (Wildman–Crippen MR) is 131 cm³/mol. The van der Waals surface area contributed by atoms with E-state index in [1.54, 1.807) is 6.92 Å². The number of hydrogen-bond acceptors (Lipinski definition) is 6. The topological polar surface area (TPSA) is 108 Å². The Balaban J connectivity index is 2.76. The van der Waals surface area contributed by atoms with Crippen LogP contribution in [0.4, 0.5) is 0 Å². The second kappa shape index (κ2) is 11.3. The Hall–Kier alpha value is -2.86. The summed E-state index contributed by atoms with van der Waals surface area (Å²) >= 11 is 0. The number of rotatable bonds is 10. The highest BCUT2D eigenvalue weighted by atomic mass is 16.4. The minimum Gasteiger partial charge on any atom is -0.507 e. The number of phenols is 2. The average molecular weight is 457 g/mol. The molecule has 0 aliphatic heterocycles. The van der Waals surface area contributed by atoms with Gasteiger partial charge in [0, 0.05) is 23.6 Å². The van der Waals surface area contributed by atoms with Crippen molar-refractivity contribution in [2.24, 2.45) is 5.92 Å².